The molecular formula is C22H24ClNO3. The maximum absolute atomic E-state index is 11.2. The highest BCUT2D eigenvalue weighted by molar-refractivity contribution is 6.31. The molecule has 2 N–H and O–H groups in total. The molecule has 0 spiro atoms. The molecule has 1 atom stereocenters. The molecule has 2 aromatic carbocycles. The van der Waals surface area contributed by atoms with Crippen molar-refractivity contribution >= 4 is 23.3 Å². The maximum atomic E-state index is 11.2. The third-order valence-corrected chi connectivity index (χ3v) is 5.57. The molecule has 0 aromatic heterocycles. The van der Waals surface area contributed by atoms with Crippen molar-refractivity contribution in [3.63, 3.8) is 0 Å². The Kier molecular flexibility index (Phi) is 5.26. The van der Waals surface area contributed by atoms with Gasteiger partial charge in [0.05, 0.1) is 6.42 Å². The molecule has 0 amide bonds. The first-order valence-electron chi connectivity index (χ1n) is 9.62. The molecule has 2 aromatic rings. The van der Waals surface area contributed by atoms with E-state index >= 15 is 0 Å². The predicted octanol–water partition coefficient (Wildman–Crippen LogP) is 5.25. The van der Waals surface area contributed by atoms with Gasteiger partial charge in [0, 0.05) is 22.8 Å². The van der Waals surface area contributed by atoms with E-state index in [2.05, 4.69) is 5.32 Å². The summed E-state index contributed by atoms with van der Waals surface area (Å²) in [6.07, 6.45) is 5.41. The number of para-hydroxylation sites is 1. The molecule has 5 heteroatoms. The molecule has 0 bridgehead atoms. The van der Waals surface area contributed by atoms with E-state index in [4.69, 9.17) is 21.4 Å². The van der Waals surface area contributed by atoms with Crippen molar-refractivity contribution in [2.24, 2.45) is 5.92 Å². The number of carbonyl (C=O) groups is 1. The number of benzene rings is 2. The van der Waals surface area contributed by atoms with Crippen LogP contribution in [0.5, 0.6) is 5.75 Å². The third-order valence-electron chi connectivity index (χ3n) is 5.35. The quantitative estimate of drug-likeness (QED) is 0.683. The number of aliphatic carboxylic acids is 1. The second-order valence-corrected chi connectivity index (χ2v) is 7.96. The number of hydrogen-bond acceptors (Lipinski definition) is 3. The average molecular weight is 386 g/mol. The first-order chi connectivity index (χ1) is 13.1. The minimum Gasteiger partial charge on any atom is -0.485 e. The van der Waals surface area contributed by atoms with Crippen LogP contribution in [0.15, 0.2) is 36.4 Å². The van der Waals surface area contributed by atoms with Gasteiger partial charge in [0.2, 0.25) is 0 Å². The van der Waals surface area contributed by atoms with Crippen LogP contribution in [-0.4, -0.2) is 17.6 Å². The van der Waals surface area contributed by atoms with Gasteiger partial charge in [0.15, 0.2) is 0 Å². The number of anilines is 1. The molecule has 4 rings (SSSR count). The van der Waals surface area contributed by atoms with Crippen LogP contribution in [-0.2, 0) is 17.6 Å². The van der Waals surface area contributed by atoms with Gasteiger partial charge < -0.3 is 15.2 Å². The Morgan fingerprint density at radius 3 is 2.81 bits per heavy atom. The summed E-state index contributed by atoms with van der Waals surface area (Å²) in [5, 5.41) is 13.4. The van der Waals surface area contributed by atoms with Crippen molar-refractivity contribution < 1.29 is 14.6 Å². The van der Waals surface area contributed by atoms with Gasteiger partial charge in [-0.15, -0.1) is 0 Å². The van der Waals surface area contributed by atoms with Gasteiger partial charge in [0.1, 0.15) is 11.9 Å². The van der Waals surface area contributed by atoms with Gasteiger partial charge in [-0.3, -0.25) is 4.79 Å². The molecule has 0 radical (unpaired) electrons. The van der Waals surface area contributed by atoms with Crippen LogP contribution in [0.4, 0.5) is 5.69 Å². The summed E-state index contributed by atoms with van der Waals surface area (Å²) in [7, 11) is 0. The van der Waals surface area contributed by atoms with E-state index in [0.717, 1.165) is 43.0 Å². The van der Waals surface area contributed by atoms with E-state index in [1.807, 2.05) is 36.4 Å². The number of fused-ring (bicyclic) bond motifs is 1. The van der Waals surface area contributed by atoms with Crippen LogP contribution >= 0.6 is 11.6 Å². The second-order valence-electron chi connectivity index (χ2n) is 7.52. The number of carboxylic acid groups (broad SMARTS) is 1. The number of carboxylic acids is 1. The molecule has 2 aliphatic rings. The largest absolute Gasteiger partial charge is 0.485 e. The Labute approximate surface area is 164 Å². The van der Waals surface area contributed by atoms with E-state index in [-0.39, 0.29) is 12.5 Å². The zero-order valence-corrected chi connectivity index (χ0v) is 16.0. The number of halogens is 1. The average Bonchev–Trinajstić information content (AvgIpc) is 3.46. The fourth-order valence-electron chi connectivity index (χ4n) is 3.78. The highest BCUT2D eigenvalue weighted by Crippen LogP contribution is 2.40. The lowest BCUT2D eigenvalue weighted by Gasteiger charge is -2.29. The highest BCUT2D eigenvalue weighted by Gasteiger charge is 2.27. The summed E-state index contributed by atoms with van der Waals surface area (Å²) < 4.78 is 6.31. The predicted molar refractivity (Wildman–Crippen MR) is 107 cm³/mol. The lowest BCUT2D eigenvalue weighted by molar-refractivity contribution is -0.136. The molecule has 1 fully saturated rings. The van der Waals surface area contributed by atoms with Crippen LogP contribution in [0.2, 0.25) is 5.02 Å². The molecule has 0 saturated heterocycles. The molecule has 142 valence electrons. The second kappa shape index (κ2) is 7.81. The van der Waals surface area contributed by atoms with Crippen molar-refractivity contribution in [3.8, 4) is 5.75 Å². The van der Waals surface area contributed by atoms with Crippen molar-refractivity contribution in [2.75, 3.05) is 11.9 Å². The van der Waals surface area contributed by atoms with Gasteiger partial charge in [0.25, 0.3) is 0 Å². The van der Waals surface area contributed by atoms with Crippen LogP contribution in [0.3, 0.4) is 0 Å². The summed E-state index contributed by atoms with van der Waals surface area (Å²) in [5.41, 5.74) is 4.23. The fraction of sp³-hybridized carbons (Fsp3) is 0.409. The zero-order valence-electron chi connectivity index (χ0n) is 15.2. The monoisotopic (exact) mass is 385 g/mol. The maximum Gasteiger partial charge on any atom is 0.307 e. The lowest BCUT2D eigenvalue weighted by atomic mass is 9.88. The Morgan fingerprint density at radius 1 is 1.22 bits per heavy atom. The summed E-state index contributed by atoms with van der Waals surface area (Å²) in [4.78, 5) is 11.2. The molecule has 0 heterocycles. The van der Waals surface area contributed by atoms with E-state index in [9.17, 15) is 4.79 Å². The van der Waals surface area contributed by atoms with Gasteiger partial charge in [-0.25, -0.2) is 0 Å². The normalized spacial score (nSPS) is 18.6. The highest BCUT2D eigenvalue weighted by atomic mass is 35.5. The first-order valence-corrected chi connectivity index (χ1v) is 10.0. The number of hydrogen-bond donors (Lipinski definition) is 2. The van der Waals surface area contributed by atoms with Crippen LogP contribution < -0.4 is 10.1 Å². The summed E-state index contributed by atoms with van der Waals surface area (Å²) in [5.74, 6) is 0.577. The third kappa shape index (κ3) is 4.38. The Balaban J connectivity index is 1.60. The topological polar surface area (TPSA) is 58.6 Å². The molecule has 4 nitrogen and oxygen atoms in total. The van der Waals surface area contributed by atoms with Crippen molar-refractivity contribution in [1.29, 1.82) is 0 Å². The van der Waals surface area contributed by atoms with Crippen molar-refractivity contribution in [1.82, 2.24) is 0 Å². The molecule has 1 unspecified atom stereocenters. The van der Waals surface area contributed by atoms with Crippen LogP contribution in [0, 0.1) is 5.92 Å². The van der Waals surface area contributed by atoms with Gasteiger partial charge >= 0.3 is 5.97 Å². The Bertz CT molecular complexity index is 847. The zero-order chi connectivity index (χ0) is 18.8. The molecular weight excluding hydrogens is 362 g/mol. The summed E-state index contributed by atoms with van der Waals surface area (Å²) in [6, 6.07) is 11.4. The molecule has 27 heavy (non-hydrogen) atoms. The Morgan fingerprint density at radius 2 is 2.04 bits per heavy atom. The van der Waals surface area contributed by atoms with Crippen LogP contribution in [0.1, 0.15) is 48.5 Å². The summed E-state index contributed by atoms with van der Waals surface area (Å²) in [6.45, 7) is 1.000. The fourth-order valence-corrected chi connectivity index (χ4v) is 4.01. The van der Waals surface area contributed by atoms with Crippen molar-refractivity contribution in [3.05, 3.63) is 58.1 Å². The lowest BCUT2D eigenvalue weighted by Crippen LogP contribution is -2.18. The minimum atomic E-state index is -0.857. The molecule has 1 saturated carbocycles. The molecule has 0 aliphatic heterocycles. The van der Waals surface area contributed by atoms with Gasteiger partial charge in [-0.2, -0.15) is 0 Å². The van der Waals surface area contributed by atoms with Gasteiger partial charge in [-0.1, -0.05) is 29.8 Å². The number of rotatable bonds is 7. The standard InChI is InChI=1S/C22H24ClNO3/c23-16-11-18-17(19(12-16)24-13-14-8-9-14)5-3-7-21(18)27-20-6-2-1-4-15(20)10-22(25)26/h1-2,4,6,11-12,14,21,24H,3,5,7-10,13H2,(H,25,26). The summed E-state index contributed by atoms with van der Waals surface area (Å²) >= 11 is 6.41. The SMILES string of the molecule is O=C(O)Cc1ccccc1OC1CCCc2c(NCC3CC3)cc(Cl)cc21. The van der Waals surface area contributed by atoms with E-state index < -0.39 is 5.97 Å². The first kappa shape index (κ1) is 18.2. The van der Waals surface area contributed by atoms with E-state index in [1.54, 1.807) is 0 Å². The number of ether oxygens (including phenoxy) is 1. The smallest absolute Gasteiger partial charge is 0.307 e. The van der Waals surface area contributed by atoms with E-state index in [1.165, 1.54) is 18.4 Å². The molecule has 2 aliphatic carbocycles. The van der Waals surface area contributed by atoms with Crippen LogP contribution in [0.25, 0.3) is 0 Å². The Hall–Kier alpha value is -2.20. The minimum absolute atomic E-state index is 0.0422. The van der Waals surface area contributed by atoms with Crippen molar-refractivity contribution in [2.45, 2.75) is 44.6 Å². The van der Waals surface area contributed by atoms with Gasteiger partial charge in [-0.05, 0) is 67.3 Å². The number of nitrogens with one attached hydrogen (secondary N) is 1. The van der Waals surface area contributed by atoms with E-state index in [0.29, 0.717) is 16.3 Å².